The second-order valence-corrected chi connectivity index (χ2v) is 6.31. The first-order valence-electron chi connectivity index (χ1n) is 8.48. The molecule has 26 heavy (non-hydrogen) atoms. The van der Waals surface area contributed by atoms with Crippen LogP contribution in [0.1, 0.15) is 18.9 Å². The van der Waals surface area contributed by atoms with Crippen molar-refractivity contribution >= 4 is 11.0 Å². The number of hydrogen-bond donors (Lipinski definition) is 4. The third-order valence-electron chi connectivity index (χ3n) is 4.42. The van der Waals surface area contributed by atoms with Crippen LogP contribution in [-0.2, 0) is 11.2 Å². The maximum Gasteiger partial charge on any atom is 0.336 e. The summed E-state index contributed by atoms with van der Waals surface area (Å²) in [5, 5.41) is 39.7. The first-order chi connectivity index (χ1) is 12.4. The van der Waals surface area contributed by atoms with Crippen LogP contribution in [0, 0.1) is 0 Å². The van der Waals surface area contributed by atoms with Crippen LogP contribution in [0.5, 0.6) is 5.75 Å². The molecule has 0 aliphatic carbocycles. The first-order valence-corrected chi connectivity index (χ1v) is 8.48. The average Bonchev–Trinajstić information content (AvgIpc) is 2.62. The zero-order valence-corrected chi connectivity index (χ0v) is 14.2. The third kappa shape index (κ3) is 3.60. The van der Waals surface area contributed by atoms with Crippen LogP contribution in [0.2, 0.25) is 0 Å². The average molecular weight is 366 g/mol. The van der Waals surface area contributed by atoms with Crippen LogP contribution in [0.3, 0.4) is 0 Å². The molecule has 5 atom stereocenters. The van der Waals surface area contributed by atoms with E-state index in [0.29, 0.717) is 5.58 Å². The van der Waals surface area contributed by atoms with Crippen LogP contribution in [-0.4, -0.2) is 57.7 Å². The Kier molecular flexibility index (Phi) is 5.59. The van der Waals surface area contributed by atoms with Crippen LogP contribution in [0.15, 0.2) is 33.5 Å². The Hall–Kier alpha value is -1.97. The van der Waals surface area contributed by atoms with Crippen molar-refractivity contribution in [1.29, 1.82) is 0 Å². The number of aliphatic hydroxyl groups excluding tert-OH is 4. The van der Waals surface area contributed by atoms with Crippen molar-refractivity contribution < 1.29 is 34.3 Å². The van der Waals surface area contributed by atoms with Gasteiger partial charge in [0.15, 0.2) is 0 Å². The highest BCUT2D eigenvalue weighted by atomic mass is 16.7. The Labute approximate surface area is 149 Å². The lowest BCUT2D eigenvalue weighted by molar-refractivity contribution is -0.277. The van der Waals surface area contributed by atoms with Crippen molar-refractivity contribution in [2.75, 3.05) is 6.61 Å². The number of aliphatic hydroxyl groups is 4. The van der Waals surface area contributed by atoms with Crippen LogP contribution in [0.25, 0.3) is 11.0 Å². The summed E-state index contributed by atoms with van der Waals surface area (Å²) >= 11 is 0. The lowest BCUT2D eigenvalue weighted by atomic mass is 9.99. The number of ether oxygens (including phenoxy) is 2. The predicted molar refractivity (Wildman–Crippen MR) is 90.9 cm³/mol. The topological polar surface area (TPSA) is 130 Å². The van der Waals surface area contributed by atoms with Gasteiger partial charge in [0, 0.05) is 17.5 Å². The fraction of sp³-hybridized carbons (Fsp3) is 0.500. The van der Waals surface area contributed by atoms with Gasteiger partial charge in [-0.05, 0) is 24.1 Å². The van der Waals surface area contributed by atoms with E-state index in [1.165, 1.54) is 12.1 Å². The molecule has 8 heteroatoms. The van der Waals surface area contributed by atoms with E-state index in [2.05, 4.69) is 0 Å². The van der Waals surface area contributed by atoms with Gasteiger partial charge < -0.3 is 34.3 Å². The molecular formula is C18H22O8. The number of rotatable bonds is 5. The molecule has 3 rings (SSSR count). The predicted octanol–water partition coefficient (Wildman–Crippen LogP) is -0.0758. The van der Waals surface area contributed by atoms with Gasteiger partial charge in [-0.15, -0.1) is 0 Å². The number of fused-ring (bicyclic) bond motifs is 1. The fourth-order valence-corrected chi connectivity index (χ4v) is 3.06. The highest BCUT2D eigenvalue weighted by Gasteiger charge is 2.44. The lowest BCUT2D eigenvalue weighted by Gasteiger charge is -2.39. The summed E-state index contributed by atoms with van der Waals surface area (Å²) in [5.74, 6) is 0.249. The SMILES string of the molecule is CCCc1cc(=O)oc2cc(O[C@H]3O[C@H](CO)[C@@H](O)[C@H](O)[C@H]3O)ccc12. The molecular weight excluding hydrogens is 344 g/mol. The minimum absolute atomic E-state index is 0.249. The standard InChI is InChI=1S/C18H22O8/c1-2-3-9-6-14(20)25-12-7-10(4-5-11(9)12)24-18-17(23)16(22)15(21)13(8-19)26-18/h4-7,13,15-19,21-23H,2-3,8H2,1H3/t13-,15-,16+,17-,18+/m1/s1. The Morgan fingerprint density at radius 2 is 1.88 bits per heavy atom. The molecule has 1 aliphatic heterocycles. The monoisotopic (exact) mass is 366 g/mol. The molecule has 0 radical (unpaired) electrons. The van der Waals surface area contributed by atoms with Crippen molar-refractivity contribution in [2.45, 2.75) is 50.5 Å². The fourth-order valence-electron chi connectivity index (χ4n) is 3.06. The van der Waals surface area contributed by atoms with Crippen molar-refractivity contribution in [3.05, 3.63) is 40.2 Å². The van der Waals surface area contributed by atoms with Crippen LogP contribution in [0.4, 0.5) is 0 Å². The summed E-state index contributed by atoms with van der Waals surface area (Å²) in [6.45, 7) is 1.47. The minimum atomic E-state index is -1.53. The van der Waals surface area contributed by atoms with E-state index < -0.39 is 42.9 Å². The van der Waals surface area contributed by atoms with Gasteiger partial charge in [0.2, 0.25) is 6.29 Å². The van der Waals surface area contributed by atoms with Gasteiger partial charge in [0.25, 0.3) is 0 Å². The van der Waals surface area contributed by atoms with Crippen molar-refractivity contribution in [3.63, 3.8) is 0 Å². The molecule has 2 aromatic rings. The lowest BCUT2D eigenvalue weighted by Crippen LogP contribution is -2.60. The normalized spacial score (nSPS) is 29.0. The zero-order chi connectivity index (χ0) is 18.8. The Bertz CT molecular complexity index is 814. The van der Waals surface area contributed by atoms with Crippen LogP contribution >= 0.6 is 0 Å². The van der Waals surface area contributed by atoms with Gasteiger partial charge in [-0.1, -0.05) is 13.3 Å². The molecule has 1 aromatic heterocycles. The van der Waals surface area contributed by atoms with Crippen LogP contribution < -0.4 is 10.4 Å². The zero-order valence-electron chi connectivity index (χ0n) is 14.2. The second kappa shape index (κ2) is 7.73. The maximum atomic E-state index is 11.7. The third-order valence-corrected chi connectivity index (χ3v) is 4.42. The summed E-state index contributed by atoms with van der Waals surface area (Å²) in [5.41, 5.74) is 0.743. The van der Waals surface area contributed by atoms with E-state index >= 15 is 0 Å². The molecule has 0 unspecified atom stereocenters. The van der Waals surface area contributed by atoms with Crippen molar-refractivity contribution in [3.8, 4) is 5.75 Å². The molecule has 142 valence electrons. The highest BCUT2D eigenvalue weighted by Crippen LogP contribution is 2.27. The molecule has 1 saturated heterocycles. The molecule has 0 spiro atoms. The van der Waals surface area contributed by atoms with Gasteiger partial charge >= 0.3 is 5.63 Å². The molecule has 8 nitrogen and oxygen atoms in total. The van der Waals surface area contributed by atoms with Crippen molar-refractivity contribution in [2.24, 2.45) is 0 Å². The van der Waals surface area contributed by atoms with Crippen molar-refractivity contribution in [1.82, 2.24) is 0 Å². The molecule has 0 saturated carbocycles. The number of hydrogen-bond acceptors (Lipinski definition) is 8. The largest absolute Gasteiger partial charge is 0.462 e. The van der Waals surface area contributed by atoms with E-state index in [1.54, 1.807) is 12.1 Å². The minimum Gasteiger partial charge on any atom is -0.462 e. The van der Waals surface area contributed by atoms with E-state index in [0.717, 1.165) is 23.8 Å². The van der Waals surface area contributed by atoms with Gasteiger partial charge in [0.05, 0.1) is 6.61 Å². The molecule has 4 N–H and O–H groups in total. The Morgan fingerprint density at radius 1 is 1.12 bits per heavy atom. The molecule has 0 amide bonds. The van der Waals surface area contributed by atoms with E-state index in [1.807, 2.05) is 6.92 Å². The molecule has 1 fully saturated rings. The van der Waals surface area contributed by atoms with Gasteiger partial charge in [-0.25, -0.2) is 4.79 Å². The molecule has 1 aliphatic rings. The van der Waals surface area contributed by atoms with Gasteiger partial charge in [-0.3, -0.25) is 0 Å². The maximum absolute atomic E-state index is 11.7. The smallest absolute Gasteiger partial charge is 0.336 e. The molecule has 1 aromatic carbocycles. The second-order valence-electron chi connectivity index (χ2n) is 6.31. The Balaban J connectivity index is 1.88. The summed E-state index contributed by atoms with van der Waals surface area (Å²) in [6, 6.07) is 6.33. The number of aryl methyl sites for hydroxylation is 1. The Morgan fingerprint density at radius 3 is 2.58 bits per heavy atom. The first kappa shape index (κ1) is 18.8. The van der Waals surface area contributed by atoms with E-state index in [9.17, 15) is 25.2 Å². The van der Waals surface area contributed by atoms with Gasteiger partial charge in [0.1, 0.15) is 35.7 Å². The summed E-state index contributed by atoms with van der Waals surface area (Å²) in [4.78, 5) is 11.7. The highest BCUT2D eigenvalue weighted by molar-refractivity contribution is 5.81. The van der Waals surface area contributed by atoms with Gasteiger partial charge in [-0.2, -0.15) is 0 Å². The quantitative estimate of drug-likeness (QED) is 0.541. The summed E-state index contributed by atoms with van der Waals surface area (Å²) in [7, 11) is 0. The summed E-state index contributed by atoms with van der Waals surface area (Å²) in [6.07, 6.45) is -5.25. The molecule has 2 heterocycles. The van der Waals surface area contributed by atoms with E-state index in [4.69, 9.17) is 13.9 Å². The summed E-state index contributed by atoms with van der Waals surface area (Å²) < 4.78 is 16.1. The van der Waals surface area contributed by atoms with E-state index in [-0.39, 0.29) is 5.75 Å². The molecule has 0 bridgehead atoms. The number of benzene rings is 1.